The van der Waals surface area contributed by atoms with E-state index in [2.05, 4.69) is 20.1 Å². The summed E-state index contributed by atoms with van der Waals surface area (Å²) in [5, 5.41) is 16.2. The number of alkyl halides is 3. The number of nitrogens with one attached hydrogen (secondary N) is 2. The van der Waals surface area contributed by atoms with Crippen LogP contribution in [-0.4, -0.2) is 46.4 Å². The second-order valence-corrected chi connectivity index (χ2v) is 11.7. The smallest absolute Gasteiger partial charge is 0.404 e. The van der Waals surface area contributed by atoms with E-state index in [9.17, 15) is 31.5 Å². The average Bonchev–Trinajstić information content (AvgIpc) is 3.55. The van der Waals surface area contributed by atoms with Crippen LogP contribution in [0.2, 0.25) is 5.02 Å². The molecule has 0 radical (unpaired) electrons. The molecule has 3 N–H and O–H groups in total. The number of carbonyl (C=O) groups is 1. The Kier molecular flexibility index (Phi) is 7.68. The van der Waals surface area contributed by atoms with Gasteiger partial charge in [0.25, 0.3) is 0 Å². The van der Waals surface area contributed by atoms with Crippen LogP contribution >= 0.6 is 11.6 Å². The Morgan fingerprint density at radius 2 is 1.83 bits per heavy atom. The Morgan fingerprint density at radius 3 is 2.49 bits per heavy atom. The maximum absolute atomic E-state index is 13.8. The van der Waals surface area contributed by atoms with Crippen LogP contribution in [0.5, 0.6) is 5.75 Å². The average molecular weight is 610 g/mol. The van der Waals surface area contributed by atoms with Gasteiger partial charge in [-0.2, -0.15) is 18.3 Å². The van der Waals surface area contributed by atoms with Crippen molar-refractivity contribution in [3.05, 3.63) is 71.5 Å². The number of nitrogens with zero attached hydrogens (tertiary/aromatic N) is 3. The highest BCUT2D eigenvalue weighted by atomic mass is 35.5. The zero-order valence-corrected chi connectivity index (χ0v) is 22.7. The lowest BCUT2D eigenvalue weighted by molar-refractivity contribution is -0.142. The summed E-state index contributed by atoms with van der Waals surface area (Å²) < 4.78 is 75.8. The minimum atomic E-state index is -4.80. The largest absolute Gasteiger partial charge is 0.433 e. The second-order valence-electron chi connectivity index (χ2n) is 9.57. The Labute approximate surface area is 237 Å². The van der Waals surface area contributed by atoms with E-state index in [1.807, 2.05) is 0 Å². The molecule has 0 bridgehead atoms. The van der Waals surface area contributed by atoms with Crippen molar-refractivity contribution in [1.82, 2.24) is 19.3 Å². The van der Waals surface area contributed by atoms with Crippen LogP contribution in [0.4, 0.5) is 23.7 Å². The van der Waals surface area contributed by atoms with Gasteiger partial charge >= 0.3 is 12.3 Å². The third kappa shape index (κ3) is 6.15. The van der Waals surface area contributed by atoms with Crippen molar-refractivity contribution in [2.45, 2.75) is 42.3 Å². The lowest BCUT2D eigenvalue weighted by Crippen LogP contribution is -2.49. The first-order chi connectivity index (χ1) is 19.4. The lowest BCUT2D eigenvalue weighted by Gasteiger charge is -2.27. The Hall–Kier alpha value is -3.72. The van der Waals surface area contributed by atoms with Gasteiger partial charge in [-0.15, -0.1) is 0 Å². The van der Waals surface area contributed by atoms with Crippen LogP contribution in [-0.2, 0) is 16.2 Å². The molecule has 0 saturated heterocycles. The zero-order chi connectivity index (χ0) is 29.4. The van der Waals surface area contributed by atoms with Gasteiger partial charge in [-0.05, 0) is 49.2 Å². The van der Waals surface area contributed by atoms with Crippen LogP contribution in [0.25, 0.3) is 16.9 Å². The fraction of sp³-hybridized carbons (Fsp3) is 0.269. The number of aromatic nitrogens is 3. The molecule has 5 rings (SSSR count). The molecule has 15 heteroatoms. The number of hydrogen-bond donors (Lipinski definition) is 3. The normalized spacial score (nSPS) is 15.2. The van der Waals surface area contributed by atoms with Crippen LogP contribution in [0, 0.1) is 0 Å². The Balaban J connectivity index is 1.40. The molecular formula is C26H23ClF3N5O5S. The molecule has 0 aliphatic heterocycles. The quantitative estimate of drug-likeness (QED) is 0.260. The summed E-state index contributed by atoms with van der Waals surface area (Å²) in [7, 11) is -4.04. The molecule has 1 aliphatic rings. The van der Waals surface area contributed by atoms with Crippen LogP contribution in [0.3, 0.4) is 0 Å². The summed E-state index contributed by atoms with van der Waals surface area (Å²) in [6.07, 6.45) is -2.45. The molecule has 0 atom stereocenters. The standard InChI is InChI=1S/C26H23ClF3N5O5S/c27-17-8-6-16(7-9-17)20-13-22(26(28,29)30)35-23(33-20)21(14-31-35)40-24(37)32-18-4-3-5-19(12-18)41(38,39)34-25(15-36)10-1-2-11-25/h3-9,12-14,34,36H,1-2,10-11,15H2,(H,32,37). The third-order valence-corrected chi connectivity index (χ3v) is 8.51. The minimum Gasteiger partial charge on any atom is -0.404 e. The summed E-state index contributed by atoms with van der Waals surface area (Å²) in [6.45, 7) is -0.347. The first-order valence-electron chi connectivity index (χ1n) is 12.3. The highest BCUT2D eigenvalue weighted by Gasteiger charge is 2.38. The minimum absolute atomic E-state index is 0.0459. The van der Waals surface area contributed by atoms with E-state index in [1.165, 1.54) is 48.5 Å². The lowest BCUT2D eigenvalue weighted by atomic mass is 10.0. The van der Waals surface area contributed by atoms with Crippen LogP contribution in [0.15, 0.2) is 65.7 Å². The van der Waals surface area contributed by atoms with E-state index in [1.54, 1.807) is 0 Å². The number of anilines is 1. The second kappa shape index (κ2) is 10.9. The van der Waals surface area contributed by atoms with E-state index in [0.717, 1.165) is 25.1 Å². The molecule has 0 unspecified atom stereocenters. The highest BCUT2D eigenvalue weighted by molar-refractivity contribution is 7.89. The number of aliphatic hydroxyl groups excluding tert-OH is 1. The molecule has 1 saturated carbocycles. The van der Waals surface area contributed by atoms with Gasteiger partial charge in [0.2, 0.25) is 10.0 Å². The van der Waals surface area contributed by atoms with Gasteiger partial charge in [-0.1, -0.05) is 42.6 Å². The molecule has 1 amide bonds. The molecule has 1 fully saturated rings. The van der Waals surface area contributed by atoms with Gasteiger partial charge in [0.05, 0.1) is 28.9 Å². The number of ether oxygens (including phenoxy) is 1. The molecule has 2 aromatic carbocycles. The van der Waals surface area contributed by atoms with Crippen molar-refractivity contribution in [1.29, 1.82) is 0 Å². The number of aliphatic hydroxyl groups is 1. The number of sulfonamides is 1. The topological polar surface area (TPSA) is 135 Å². The van der Waals surface area contributed by atoms with Crippen LogP contribution in [0.1, 0.15) is 31.4 Å². The first-order valence-corrected chi connectivity index (χ1v) is 14.2. The molecule has 2 heterocycles. The Bertz CT molecular complexity index is 1700. The van der Waals surface area contributed by atoms with Crippen molar-refractivity contribution >= 4 is 39.1 Å². The molecule has 1 aliphatic carbocycles. The van der Waals surface area contributed by atoms with E-state index >= 15 is 0 Å². The summed E-state index contributed by atoms with van der Waals surface area (Å²) in [4.78, 5) is 16.8. The maximum atomic E-state index is 13.8. The van der Waals surface area contributed by atoms with Crippen molar-refractivity contribution in [2.75, 3.05) is 11.9 Å². The highest BCUT2D eigenvalue weighted by Crippen LogP contribution is 2.35. The zero-order valence-electron chi connectivity index (χ0n) is 21.2. The maximum Gasteiger partial charge on any atom is 0.433 e. The predicted molar refractivity (Wildman–Crippen MR) is 143 cm³/mol. The number of rotatable bonds is 7. The number of fused-ring (bicyclic) bond motifs is 1. The van der Waals surface area contributed by atoms with Gasteiger partial charge in [0.1, 0.15) is 0 Å². The van der Waals surface area contributed by atoms with E-state index < -0.39 is 33.5 Å². The SMILES string of the molecule is O=C(Nc1cccc(S(=O)(=O)NC2(CO)CCCC2)c1)Oc1cnn2c(C(F)(F)F)cc(-c3ccc(Cl)cc3)nc12. The van der Waals surface area contributed by atoms with Crippen molar-refractivity contribution in [2.24, 2.45) is 0 Å². The van der Waals surface area contributed by atoms with E-state index in [-0.39, 0.29) is 34.3 Å². The number of amides is 1. The van der Waals surface area contributed by atoms with E-state index in [0.29, 0.717) is 27.9 Å². The van der Waals surface area contributed by atoms with Crippen molar-refractivity contribution in [3.63, 3.8) is 0 Å². The number of carbonyl (C=O) groups excluding carboxylic acids is 1. The van der Waals surface area contributed by atoms with E-state index in [4.69, 9.17) is 16.3 Å². The summed E-state index contributed by atoms with van der Waals surface area (Å²) in [5.74, 6) is -0.361. The fourth-order valence-corrected chi connectivity index (χ4v) is 6.28. The summed E-state index contributed by atoms with van der Waals surface area (Å²) >= 11 is 5.89. The van der Waals surface area contributed by atoms with Crippen molar-refractivity contribution in [3.8, 4) is 17.0 Å². The molecule has 0 spiro atoms. The van der Waals surface area contributed by atoms with Gasteiger partial charge in [0.15, 0.2) is 17.1 Å². The molecule has 2 aromatic heterocycles. The number of halogens is 4. The van der Waals surface area contributed by atoms with Gasteiger partial charge in [-0.25, -0.2) is 27.4 Å². The third-order valence-electron chi connectivity index (χ3n) is 6.68. The summed E-state index contributed by atoms with van der Waals surface area (Å²) in [5.41, 5.74) is -2.13. The van der Waals surface area contributed by atoms with Crippen LogP contribution < -0.4 is 14.8 Å². The molecule has 10 nitrogen and oxygen atoms in total. The summed E-state index contributed by atoms with van der Waals surface area (Å²) in [6, 6.07) is 12.1. The first kappa shape index (κ1) is 28.8. The fourth-order valence-electron chi connectivity index (χ4n) is 4.66. The van der Waals surface area contributed by atoms with Crippen molar-refractivity contribution < 1.29 is 36.2 Å². The monoisotopic (exact) mass is 609 g/mol. The van der Waals surface area contributed by atoms with Gasteiger partial charge in [0, 0.05) is 16.3 Å². The number of hydrogen-bond acceptors (Lipinski definition) is 7. The molecular weight excluding hydrogens is 587 g/mol. The molecule has 41 heavy (non-hydrogen) atoms. The Morgan fingerprint density at radius 1 is 1.12 bits per heavy atom. The van der Waals surface area contributed by atoms with Gasteiger partial charge < -0.3 is 9.84 Å². The predicted octanol–water partition coefficient (Wildman–Crippen LogP) is 5.26. The van der Waals surface area contributed by atoms with Gasteiger partial charge in [-0.3, -0.25) is 5.32 Å². The molecule has 4 aromatic rings. The number of benzene rings is 2. The molecule has 216 valence electrons.